The van der Waals surface area contributed by atoms with Crippen molar-refractivity contribution in [1.82, 2.24) is 14.9 Å². The number of thiophene rings is 1. The Hall–Kier alpha value is -1.54. The maximum absolute atomic E-state index is 12.2. The van der Waals surface area contributed by atoms with Gasteiger partial charge >= 0.3 is 5.97 Å². The highest BCUT2D eigenvalue weighted by Crippen LogP contribution is 2.26. The molecule has 0 aliphatic carbocycles. The van der Waals surface area contributed by atoms with Crippen molar-refractivity contribution < 1.29 is 14.3 Å². The SMILES string of the molecule is COC(=O)C(NC(=O)c1csc2nnsc12)C(C)C. The van der Waals surface area contributed by atoms with Crippen molar-refractivity contribution >= 4 is 44.3 Å². The number of aromatic nitrogens is 2. The molecule has 1 N–H and O–H groups in total. The molecule has 1 amide bonds. The summed E-state index contributed by atoms with van der Waals surface area (Å²) in [7, 11) is 1.31. The van der Waals surface area contributed by atoms with Gasteiger partial charge in [-0.15, -0.1) is 16.4 Å². The Morgan fingerprint density at radius 2 is 2.16 bits per heavy atom. The maximum Gasteiger partial charge on any atom is 0.328 e. The first-order chi connectivity index (χ1) is 9.04. The maximum atomic E-state index is 12.2. The smallest absolute Gasteiger partial charge is 0.328 e. The van der Waals surface area contributed by atoms with Gasteiger partial charge in [-0.05, 0) is 17.5 Å². The topological polar surface area (TPSA) is 81.2 Å². The van der Waals surface area contributed by atoms with Crippen molar-refractivity contribution in [2.24, 2.45) is 5.92 Å². The highest BCUT2D eigenvalue weighted by molar-refractivity contribution is 7.24. The normalized spacial score (nSPS) is 12.6. The number of hydrogen-bond donors (Lipinski definition) is 1. The van der Waals surface area contributed by atoms with Crippen LogP contribution < -0.4 is 5.32 Å². The van der Waals surface area contributed by atoms with Gasteiger partial charge in [-0.2, -0.15) is 0 Å². The van der Waals surface area contributed by atoms with E-state index >= 15 is 0 Å². The van der Waals surface area contributed by atoms with Gasteiger partial charge in [-0.3, -0.25) is 4.79 Å². The zero-order valence-electron chi connectivity index (χ0n) is 10.7. The number of nitrogens with one attached hydrogen (secondary N) is 1. The van der Waals surface area contributed by atoms with E-state index in [-0.39, 0.29) is 11.8 Å². The molecule has 2 heterocycles. The van der Waals surface area contributed by atoms with Crippen LogP contribution in [0.2, 0.25) is 0 Å². The fourth-order valence-corrected chi connectivity index (χ4v) is 3.31. The van der Waals surface area contributed by atoms with Crippen molar-refractivity contribution in [3.8, 4) is 0 Å². The number of carbonyl (C=O) groups excluding carboxylic acids is 2. The van der Waals surface area contributed by atoms with Gasteiger partial charge in [0.05, 0.1) is 17.4 Å². The molecule has 1 unspecified atom stereocenters. The number of ether oxygens (including phenoxy) is 1. The Morgan fingerprint density at radius 1 is 1.42 bits per heavy atom. The zero-order chi connectivity index (χ0) is 14.0. The van der Waals surface area contributed by atoms with Crippen LogP contribution in [0.15, 0.2) is 5.38 Å². The van der Waals surface area contributed by atoms with Crippen LogP contribution in [0.25, 0.3) is 9.53 Å². The van der Waals surface area contributed by atoms with Crippen LogP contribution in [-0.2, 0) is 9.53 Å². The van der Waals surface area contributed by atoms with E-state index in [2.05, 4.69) is 14.9 Å². The molecule has 6 nitrogen and oxygen atoms in total. The van der Waals surface area contributed by atoms with Crippen LogP contribution in [0.4, 0.5) is 0 Å². The molecular weight excluding hydrogens is 286 g/mol. The third-order valence-electron chi connectivity index (χ3n) is 2.64. The molecule has 19 heavy (non-hydrogen) atoms. The fourth-order valence-electron chi connectivity index (χ4n) is 1.59. The molecule has 0 aromatic carbocycles. The Bertz CT molecular complexity index is 605. The number of methoxy groups -OCH3 is 1. The summed E-state index contributed by atoms with van der Waals surface area (Å²) >= 11 is 2.53. The molecule has 0 spiro atoms. The van der Waals surface area contributed by atoms with E-state index in [0.29, 0.717) is 5.56 Å². The lowest BCUT2D eigenvalue weighted by Crippen LogP contribution is -2.44. The summed E-state index contributed by atoms with van der Waals surface area (Å²) in [4.78, 5) is 24.5. The highest BCUT2D eigenvalue weighted by Gasteiger charge is 2.26. The Labute approximate surface area is 117 Å². The van der Waals surface area contributed by atoms with Crippen molar-refractivity contribution in [3.63, 3.8) is 0 Å². The van der Waals surface area contributed by atoms with Gasteiger partial charge in [-0.25, -0.2) is 4.79 Å². The second-order valence-corrected chi connectivity index (χ2v) is 5.89. The lowest BCUT2D eigenvalue weighted by Gasteiger charge is -2.19. The molecule has 2 aromatic heterocycles. The third kappa shape index (κ3) is 2.74. The van der Waals surface area contributed by atoms with E-state index < -0.39 is 12.0 Å². The van der Waals surface area contributed by atoms with Crippen molar-refractivity contribution in [2.75, 3.05) is 7.11 Å². The molecule has 0 saturated carbocycles. The van der Waals surface area contributed by atoms with Gasteiger partial charge in [0.1, 0.15) is 6.04 Å². The Kier molecular flexibility index (Phi) is 4.11. The predicted octanol–water partition coefficient (Wildman–Crippen LogP) is 1.68. The van der Waals surface area contributed by atoms with Gasteiger partial charge < -0.3 is 10.1 Å². The summed E-state index contributed by atoms with van der Waals surface area (Å²) < 4.78 is 9.24. The van der Waals surface area contributed by atoms with Gasteiger partial charge in [-0.1, -0.05) is 18.3 Å². The van der Waals surface area contributed by atoms with Crippen LogP contribution in [0, 0.1) is 5.92 Å². The number of rotatable bonds is 4. The zero-order valence-corrected chi connectivity index (χ0v) is 12.3. The van der Waals surface area contributed by atoms with E-state index in [0.717, 1.165) is 9.53 Å². The number of amides is 1. The van der Waals surface area contributed by atoms with Crippen LogP contribution in [0.1, 0.15) is 24.2 Å². The second-order valence-electron chi connectivity index (χ2n) is 4.27. The number of nitrogens with zero attached hydrogens (tertiary/aromatic N) is 2. The molecule has 1 atom stereocenters. The molecule has 8 heteroatoms. The second kappa shape index (κ2) is 5.62. The first kappa shape index (κ1) is 13.9. The van der Waals surface area contributed by atoms with E-state index in [4.69, 9.17) is 4.74 Å². The van der Waals surface area contributed by atoms with E-state index in [9.17, 15) is 9.59 Å². The molecule has 0 saturated heterocycles. The van der Waals surface area contributed by atoms with E-state index in [1.807, 2.05) is 13.8 Å². The molecule has 2 rings (SSSR count). The molecule has 0 bridgehead atoms. The molecule has 0 aliphatic rings. The van der Waals surface area contributed by atoms with Crippen molar-refractivity contribution in [2.45, 2.75) is 19.9 Å². The van der Waals surface area contributed by atoms with Gasteiger partial charge in [0.2, 0.25) is 0 Å². The van der Waals surface area contributed by atoms with Crippen LogP contribution >= 0.6 is 22.9 Å². The number of hydrogen-bond acceptors (Lipinski definition) is 7. The Balaban J connectivity index is 2.20. The van der Waals surface area contributed by atoms with Gasteiger partial charge in [0, 0.05) is 5.38 Å². The first-order valence-corrected chi connectivity index (χ1v) is 7.28. The van der Waals surface area contributed by atoms with Crippen molar-refractivity contribution in [1.29, 1.82) is 0 Å². The minimum absolute atomic E-state index is 0.0508. The standard InChI is InChI=1S/C11H13N3O3S2/c1-5(2)7(11(16)17-3)12-9(15)6-4-18-10-8(6)19-14-13-10/h4-5,7H,1-3H3,(H,12,15). The van der Waals surface area contributed by atoms with Crippen LogP contribution in [0.3, 0.4) is 0 Å². The summed E-state index contributed by atoms with van der Waals surface area (Å²) in [6.45, 7) is 3.69. The van der Waals surface area contributed by atoms with Crippen molar-refractivity contribution in [3.05, 3.63) is 10.9 Å². The quantitative estimate of drug-likeness (QED) is 0.869. The summed E-state index contributed by atoms with van der Waals surface area (Å²) in [6, 6.07) is -0.659. The summed E-state index contributed by atoms with van der Waals surface area (Å²) in [5.74, 6) is -0.802. The number of esters is 1. The summed E-state index contributed by atoms with van der Waals surface area (Å²) in [6.07, 6.45) is 0. The van der Waals surface area contributed by atoms with Crippen LogP contribution in [-0.4, -0.2) is 34.6 Å². The largest absolute Gasteiger partial charge is 0.467 e. The van der Waals surface area contributed by atoms with Crippen LogP contribution in [0.5, 0.6) is 0 Å². The molecule has 0 aliphatic heterocycles. The highest BCUT2D eigenvalue weighted by atomic mass is 32.1. The van der Waals surface area contributed by atoms with Gasteiger partial charge in [0.15, 0.2) is 4.83 Å². The average Bonchev–Trinajstić information content (AvgIpc) is 2.96. The minimum Gasteiger partial charge on any atom is -0.467 e. The molecule has 102 valence electrons. The molecule has 0 fully saturated rings. The number of carbonyl (C=O) groups is 2. The molecule has 0 radical (unpaired) electrons. The number of fused-ring (bicyclic) bond motifs is 1. The van der Waals surface area contributed by atoms with E-state index in [1.54, 1.807) is 5.38 Å². The molecular formula is C11H13N3O3S2. The third-order valence-corrected chi connectivity index (χ3v) is 4.39. The average molecular weight is 299 g/mol. The molecule has 2 aromatic rings. The predicted molar refractivity (Wildman–Crippen MR) is 73.4 cm³/mol. The first-order valence-electron chi connectivity index (χ1n) is 5.62. The fraction of sp³-hybridized carbons (Fsp3) is 0.455. The minimum atomic E-state index is -0.659. The lowest BCUT2D eigenvalue weighted by atomic mass is 10.0. The monoisotopic (exact) mass is 299 g/mol. The lowest BCUT2D eigenvalue weighted by molar-refractivity contribution is -0.144. The Morgan fingerprint density at radius 3 is 2.79 bits per heavy atom. The van der Waals surface area contributed by atoms with Gasteiger partial charge in [0.25, 0.3) is 5.91 Å². The van der Waals surface area contributed by atoms with E-state index in [1.165, 1.54) is 30.0 Å². The summed E-state index contributed by atoms with van der Waals surface area (Å²) in [5, 5.41) is 8.32. The summed E-state index contributed by atoms with van der Waals surface area (Å²) in [5.41, 5.74) is 0.504.